The van der Waals surface area contributed by atoms with E-state index in [1.54, 1.807) is 0 Å². The molecule has 1 amide bonds. The van der Waals surface area contributed by atoms with E-state index in [0.29, 0.717) is 5.56 Å². The minimum absolute atomic E-state index is 0.0163. The molecule has 0 fully saturated rings. The van der Waals surface area contributed by atoms with Gasteiger partial charge in [-0.05, 0) is 18.2 Å². The summed E-state index contributed by atoms with van der Waals surface area (Å²) in [4.78, 5) is 22.6. The monoisotopic (exact) mass is 318 g/mol. The number of nitrogens with zero attached hydrogens (tertiary/aromatic N) is 2. The molecular weight excluding hydrogens is 304 g/mol. The van der Waals surface area contributed by atoms with Gasteiger partial charge in [-0.25, -0.2) is 10.5 Å². The molecule has 9 heteroatoms. The van der Waals surface area contributed by atoms with Gasteiger partial charge < -0.3 is 14.6 Å². The Morgan fingerprint density at radius 1 is 1.30 bits per heavy atom. The van der Waals surface area contributed by atoms with Gasteiger partial charge in [0.1, 0.15) is 0 Å². The topological polar surface area (TPSA) is 126 Å². The normalized spacial score (nSPS) is 10.5. The van der Waals surface area contributed by atoms with Crippen molar-refractivity contribution < 1.29 is 19.4 Å². The fraction of sp³-hybridized carbons (Fsp3) is 0.143. The molecule has 0 saturated carbocycles. The lowest BCUT2D eigenvalue weighted by molar-refractivity contribution is 0.0949. The number of benzene rings is 1. The Labute approximate surface area is 130 Å². The largest absolute Gasteiger partial charge is 0.502 e. The summed E-state index contributed by atoms with van der Waals surface area (Å²) in [6.45, 7) is 0. The van der Waals surface area contributed by atoms with Crippen LogP contribution in [0.15, 0.2) is 34.2 Å². The van der Waals surface area contributed by atoms with Gasteiger partial charge in [-0.2, -0.15) is 10.2 Å². The van der Waals surface area contributed by atoms with E-state index in [1.165, 1.54) is 44.7 Å². The van der Waals surface area contributed by atoms with E-state index in [9.17, 15) is 14.7 Å². The number of phenols is 1. The van der Waals surface area contributed by atoms with Crippen molar-refractivity contribution in [2.75, 3.05) is 14.2 Å². The van der Waals surface area contributed by atoms with E-state index < -0.39 is 11.5 Å². The molecule has 0 aliphatic heterocycles. The maximum atomic E-state index is 11.7. The van der Waals surface area contributed by atoms with Gasteiger partial charge >= 0.3 is 0 Å². The van der Waals surface area contributed by atoms with E-state index >= 15 is 0 Å². The zero-order valence-corrected chi connectivity index (χ0v) is 12.4. The number of H-pyrrole nitrogens is 1. The van der Waals surface area contributed by atoms with Crippen LogP contribution in [0.5, 0.6) is 17.2 Å². The second-order valence-electron chi connectivity index (χ2n) is 4.28. The highest BCUT2D eigenvalue weighted by Gasteiger charge is 2.10. The first kappa shape index (κ1) is 16.0. The number of nitrogens with one attached hydrogen (secondary N) is 2. The van der Waals surface area contributed by atoms with Crippen molar-refractivity contribution in [2.45, 2.75) is 0 Å². The van der Waals surface area contributed by atoms with Crippen LogP contribution in [0.3, 0.4) is 0 Å². The average molecular weight is 318 g/mol. The zero-order chi connectivity index (χ0) is 16.8. The van der Waals surface area contributed by atoms with Crippen LogP contribution >= 0.6 is 0 Å². The highest BCUT2D eigenvalue weighted by Crippen LogP contribution is 2.36. The summed E-state index contributed by atoms with van der Waals surface area (Å²) < 4.78 is 10.0. The third-order valence-corrected chi connectivity index (χ3v) is 2.79. The lowest BCUT2D eigenvalue weighted by atomic mass is 10.2. The van der Waals surface area contributed by atoms with Crippen LogP contribution in [-0.2, 0) is 0 Å². The van der Waals surface area contributed by atoms with Crippen molar-refractivity contribution in [3.63, 3.8) is 0 Å². The van der Waals surface area contributed by atoms with Crippen LogP contribution in [0, 0.1) is 0 Å². The van der Waals surface area contributed by atoms with Crippen LogP contribution < -0.4 is 20.5 Å². The Kier molecular flexibility index (Phi) is 4.92. The van der Waals surface area contributed by atoms with Crippen LogP contribution in [0.2, 0.25) is 0 Å². The molecule has 2 rings (SSSR count). The molecule has 0 saturated heterocycles. The molecule has 3 N–H and O–H groups in total. The quantitative estimate of drug-likeness (QED) is 0.536. The molecule has 0 spiro atoms. The number of hydrogen-bond acceptors (Lipinski definition) is 7. The lowest BCUT2D eigenvalue weighted by Crippen LogP contribution is -2.21. The summed E-state index contributed by atoms with van der Waals surface area (Å²) in [6.07, 6.45) is 1.34. The van der Waals surface area contributed by atoms with Crippen molar-refractivity contribution in [1.29, 1.82) is 0 Å². The second kappa shape index (κ2) is 7.07. The molecule has 1 aromatic heterocycles. The number of carbonyl (C=O) groups is 1. The number of phenolic OH excluding ortho intramolecular Hbond substituents is 1. The predicted octanol–water partition coefficient (Wildman–Crippen LogP) is 0.257. The van der Waals surface area contributed by atoms with Crippen molar-refractivity contribution in [3.8, 4) is 17.2 Å². The van der Waals surface area contributed by atoms with Gasteiger partial charge in [-0.1, -0.05) is 0 Å². The third kappa shape index (κ3) is 3.84. The Morgan fingerprint density at radius 2 is 1.96 bits per heavy atom. The summed E-state index contributed by atoms with van der Waals surface area (Å²) in [5, 5.41) is 19.3. The molecule has 120 valence electrons. The maximum Gasteiger partial charge on any atom is 0.291 e. The third-order valence-electron chi connectivity index (χ3n) is 2.79. The molecule has 0 radical (unpaired) electrons. The fourth-order valence-corrected chi connectivity index (χ4v) is 1.68. The minimum atomic E-state index is -0.588. The number of aromatic amines is 1. The van der Waals surface area contributed by atoms with Crippen LogP contribution in [0.4, 0.5) is 0 Å². The first-order valence-corrected chi connectivity index (χ1v) is 6.39. The number of ether oxygens (including phenoxy) is 2. The first-order chi connectivity index (χ1) is 11.0. The van der Waals surface area contributed by atoms with Gasteiger partial charge in [-0.3, -0.25) is 9.59 Å². The molecule has 0 atom stereocenters. The molecule has 9 nitrogen and oxygen atoms in total. The molecule has 1 heterocycles. The number of rotatable bonds is 5. The van der Waals surface area contributed by atoms with Gasteiger partial charge in [-0.15, -0.1) is 0 Å². The van der Waals surface area contributed by atoms with Gasteiger partial charge in [0.15, 0.2) is 17.2 Å². The van der Waals surface area contributed by atoms with E-state index in [4.69, 9.17) is 9.47 Å². The summed E-state index contributed by atoms with van der Waals surface area (Å²) in [5.41, 5.74) is 2.40. The van der Waals surface area contributed by atoms with Crippen molar-refractivity contribution in [1.82, 2.24) is 15.6 Å². The Bertz CT molecular complexity index is 754. The Morgan fingerprint density at radius 3 is 2.48 bits per heavy atom. The van der Waals surface area contributed by atoms with Gasteiger partial charge in [0.25, 0.3) is 11.5 Å². The molecule has 0 bridgehead atoms. The number of hydrazone groups is 1. The predicted molar refractivity (Wildman–Crippen MR) is 81.1 cm³/mol. The SMILES string of the molecule is COc1cc(C=NNC(=O)c2ccc(=O)[nH]n2)cc(OC)c1O. The molecule has 23 heavy (non-hydrogen) atoms. The van der Waals surface area contributed by atoms with Crippen molar-refractivity contribution in [3.05, 3.63) is 45.9 Å². The Hall–Kier alpha value is -3.36. The molecule has 0 unspecified atom stereocenters. The Balaban J connectivity index is 2.12. The van der Waals surface area contributed by atoms with Crippen LogP contribution in [-0.4, -0.2) is 41.6 Å². The summed E-state index contributed by atoms with van der Waals surface area (Å²) in [7, 11) is 2.80. The summed E-state index contributed by atoms with van der Waals surface area (Å²) in [5.74, 6) is -0.303. The zero-order valence-electron chi connectivity index (χ0n) is 12.4. The smallest absolute Gasteiger partial charge is 0.291 e. The number of aromatic hydroxyl groups is 1. The van der Waals surface area contributed by atoms with Gasteiger partial charge in [0.05, 0.1) is 20.4 Å². The molecular formula is C14H14N4O5. The van der Waals surface area contributed by atoms with Crippen molar-refractivity contribution >= 4 is 12.1 Å². The van der Waals surface area contributed by atoms with Gasteiger partial charge in [0.2, 0.25) is 5.75 Å². The number of carbonyl (C=O) groups excluding carboxylic acids is 1. The lowest BCUT2D eigenvalue weighted by Gasteiger charge is -2.09. The number of methoxy groups -OCH3 is 2. The second-order valence-corrected chi connectivity index (χ2v) is 4.28. The average Bonchev–Trinajstić information content (AvgIpc) is 2.56. The van der Waals surface area contributed by atoms with E-state index in [2.05, 4.69) is 20.7 Å². The summed E-state index contributed by atoms with van der Waals surface area (Å²) >= 11 is 0. The first-order valence-electron chi connectivity index (χ1n) is 6.39. The van der Waals surface area contributed by atoms with Gasteiger partial charge in [0, 0.05) is 11.6 Å². The highest BCUT2D eigenvalue weighted by molar-refractivity contribution is 5.93. The molecule has 0 aliphatic carbocycles. The van der Waals surface area contributed by atoms with Crippen LogP contribution in [0.1, 0.15) is 16.1 Å². The van der Waals surface area contributed by atoms with Crippen molar-refractivity contribution in [2.24, 2.45) is 5.10 Å². The molecule has 0 aliphatic rings. The fourth-order valence-electron chi connectivity index (χ4n) is 1.68. The minimum Gasteiger partial charge on any atom is -0.502 e. The number of hydrogen-bond donors (Lipinski definition) is 3. The van der Waals surface area contributed by atoms with E-state index in [1.807, 2.05) is 0 Å². The van der Waals surface area contributed by atoms with E-state index in [-0.39, 0.29) is 22.9 Å². The maximum absolute atomic E-state index is 11.7. The highest BCUT2D eigenvalue weighted by atomic mass is 16.5. The molecule has 2 aromatic rings. The van der Waals surface area contributed by atoms with Crippen LogP contribution in [0.25, 0.3) is 0 Å². The number of aromatic nitrogens is 2. The number of amides is 1. The van der Waals surface area contributed by atoms with E-state index in [0.717, 1.165) is 0 Å². The summed E-state index contributed by atoms with van der Waals surface area (Å²) in [6, 6.07) is 5.50. The standard InChI is InChI=1S/C14H14N4O5/c1-22-10-5-8(6-11(23-2)13(10)20)7-15-18-14(21)9-3-4-12(19)17-16-9/h3-7,20H,1-2H3,(H,17,19)(H,18,21). The molecule has 1 aromatic carbocycles.